The average molecular weight is 837 g/mol. The van der Waals surface area contributed by atoms with Crippen LogP contribution in [0, 0.1) is 17.3 Å². The topological polar surface area (TPSA) is 177 Å². The lowest BCUT2D eigenvalue weighted by Crippen LogP contribution is -2.57. The first-order valence-electron chi connectivity index (χ1n) is 19.9. The van der Waals surface area contributed by atoms with Crippen molar-refractivity contribution < 1.29 is 45.9 Å². The molecule has 2 aliphatic heterocycles. The highest BCUT2D eigenvalue weighted by molar-refractivity contribution is 7.91. The van der Waals surface area contributed by atoms with Gasteiger partial charge in [0.15, 0.2) is 0 Å². The van der Waals surface area contributed by atoms with Gasteiger partial charge in [-0.25, -0.2) is 22.2 Å². The highest BCUT2D eigenvalue weighted by Crippen LogP contribution is 2.46. The van der Waals surface area contributed by atoms with Crippen molar-refractivity contribution in [3.8, 4) is 22.9 Å². The van der Waals surface area contributed by atoms with E-state index in [0.717, 1.165) is 0 Å². The molecule has 3 aromatic rings. The van der Waals surface area contributed by atoms with Crippen LogP contribution < -0.4 is 19.5 Å². The zero-order valence-corrected chi connectivity index (χ0v) is 34.4. The summed E-state index contributed by atoms with van der Waals surface area (Å²) >= 11 is 0. The molecule has 4 fully saturated rings. The minimum atomic E-state index is -3.95. The summed E-state index contributed by atoms with van der Waals surface area (Å²) in [6.45, 7) is 8.79. The Kier molecular flexibility index (Phi) is 11.2. The number of carbonyl (C=O) groups is 4. The number of likely N-dealkylation sites (tertiary alicyclic amines) is 2. The highest BCUT2D eigenvalue weighted by Gasteiger charge is 2.62. The van der Waals surface area contributed by atoms with E-state index in [1.807, 2.05) is 6.07 Å². The number of alkyl halides is 2. The van der Waals surface area contributed by atoms with Crippen molar-refractivity contribution in [2.75, 3.05) is 26.7 Å². The fourth-order valence-electron chi connectivity index (χ4n) is 7.97. The van der Waals surface area contributed by atoms with Gasteiger partial charge in [-0.15, -0.1) is 6.58 Å². The number of carbonyl (C=O) groups excluding carboxylic acids is 4. The van der Waals surface area contributed by atoms with Crippen molar-refractivity contribution in [2.45, 2.75) is 94.6 Å². The van der Waals surface area contributed by atoms with Gasteiger partial charge in [-0.2, -0.15) is 0 Å². The molecule has 2 aromatic heterocycles. The number of hydrogen-bond acceptors (Lipinski definition) is 10. The standard InChI is InChI=1S/C42H50F2N6O8S/c1-6-25-23-42(25,39(54)48-59(55,56)28-11-12-28)47-37(52)34-20-27(24-50(34)38(53)30(40(2,3)4)21-36(51)49-17-14-41(43,44)15-18-49)58-35-22-33(31-9-7-8-16-45-31)46-32-19-26(57-5)10-13-29(32)35/h6-10,13,16,19,22,25,27-28,30,34H,1,11-12,14-15,17-18,20-21,23-24H2,2-5H3,(H,47,52)(H,48,54)/t25-,27-,30-,34+,42-/m1/s1. The van der Waals surface area contributed by atoms with Gasteiger partial charge in [0, 0.05) is 68.4 Å². The largest absolute Gasteiger partial charge is 0.497 e. The molecule has 0 unspecified atom stereocenters. The summed E-state index contributed by atoms with van der Waals surface area (Å²) in [5, 5.41) is 2.75. The SMILES string of the molecule is C=C[C@@H]1C[C@]1(NC(=O)[C@@H]1C[C@@H](Oc2cc(-c3ccccn3)nc3cc(OC)ccc23)CN1C(=O)[C@@H](CC(=O)N1CCC(F)(F)CC1)C(C)(C)C)C(=O)NS(=O)(=O)C1CC1. The number of methoxy groups -OCH3 is 1. The van der Waals surface area contributed by atoms with Crippen molar-refractivity contribution >= 4 is 44.6 Å². The number of piperidine rings is 1. The van der Waals surface area contributed by atoms with Crippen LogP contribution in [0.25, 0.3) is 22.3 Å². The van der Waals surface area contributed by atoms with E-state index in [0.29, 0.717) is 46.6 Å². The molecule has 4 aliphatic rings. The summed E-state index contributed by atoms with van der Waals surface area (Å²) in [5.41, 5.74) is -0.800. The predicted octanol–water partition coefficient (Wildman–Crippen LogP) is 4.63. The highest BCUT2D eigenvalue weighted by atomic mass is 32.2. The minimum Gasteiger partial charge on any atom is -0.497 e. The van der Waals surface area contributed by atoms with Gasteiger partial charge in [0.1, 0.15) is 29.2 Å². The molecule has 17 heteroatoms. The van der Waals surface area contributed by atoms with Crippen LogP contribution in [0.4, 0.5) is 8.78 Å². The fraction of sp³-hybridized carbons (Fsp3) is 0.524. The molecule has 2 aliphatic carbocycles. The lowest BCUT2D eigenvalue weighted by Gasteiger charge is -2.37. The average Bonchev–Trinajstić information content (AvgIpc) is 4.13. The molecule has 4 amide bonds. The first kappa shape index (κ1) is 42.0. The third kappa shape index (κ3) is 8.89. The molecule has 59 heavy (non-hydrogen) atoms. The molecule has 0 bridgehead atoms. The summed E-state index contributed by atoms with van der Waals surface area (Å²) in [6.07, 6.45) is 2.05. The number of fused-ring (bicyclic) bond motifs is 1. The third-order valence-corrected chi connectivity index (χ3v) is 13.7. The summed E-state index contributed by atoms with van der Waals surface area (Å²) in [4.78, 5) is 68.6. The molecular formula is C42H50F2N6O8S. The Hall–Kier alpha value is -5.19. The number of benzene rings is 1. The second-order valence-electron chi connectivity index (χ2n) is 17.1. The number of aromatic nitrogens is 2. The van der Waals surface area contributed by atoms with E-state index >= 15 is 0 Å². The predicted molar refractivity (Wildman–Crippen MR) is 214 cm³/mol. The number of ether oxygens (including phenoxy) is 2. The Morgan fingerprint density at radius 1 is 1.07 bits per heavy atom. The van der Waals surface area contributed by atoms with Gasteiger partial charge in [-0.1, -0.05) is 32.9 Å². The van der Waals surface area contributed by atoms with E-state index in [1.54, 1.807) is 70.5 Å². The fourth-order valence-corrected chi connectivity index (χ4v) is 9.33. The second kappa shape index (κ2) is 15.8. The monoisotopic (exact) mass is 836 g/mol. The van der Waals surface area contributed by atoms with Crippen LogP contribution in [0.1, 0.15) is 65.7 Å². The van der Waals surface area contributed by atoms with Gasteiger partial charge in [0.05, 0.1) is 41.7 Å². The molecule has 7 rings (SSSR count). The van der Waals surface area contributed by atoms with Gasteiger partial charge < -0.3 is 24.6 Å². The molecule has 316 valence electrons. The summed E-state index contributed by atoms with van der Waals surface area (Å²) in [6, 6.07) is 11.2. The number of hydrogen-bond donors (Lipinski definition) is 2. The van der Waals surface area contributed by atoms with E-state index in [-0.39, 0.29) is 38.9 Å². The van der Waals surface area contributed by atoms with Crippen LogP contribution in [0.5, 0.6) is 11.5 Å². The zero-order valence-electron chi connectivity index (χ0n) is 33.6. The van der Waals surface area contributed by atoms with E-state index in [1.165, 1.54) is 15.9 Å². The normalized spacial score (nSPS) is 24.5. The van der Waals surface area contributed by atoms with Crippen molar-refractivity contribution in [1.29, 1.82) is 0 Å². The van der Waals surface area contributed by atoms with Gasteiger partial charge in [-0.05, 0) is 48.9 Å². The quantitative estimate of drug-likeness (QED) is 0.231. The molecular weight excluding hydrogens is 787 g/mol. The molecule has 0 radical (unpaired) electrons. The van der Waals surface area contributed by atoms with E-state index in [2.05, 4.69) is 21.6 Å². The molecule has 4 heterocycles. The van der Waals surface area contributed by atoms with Crippen LogP contribution in [0.3, 0.4) is 0 Å². The molecule has 1 aromatic carbocycles. The van der Waals surface area contributed by atoms with Crippen LogP contribution in [-0.2, 0) is 29.2 Å². The third-order valence-electron chi connectivity index (χ3n) is 11.9. The maximum atomic E-state index is 14.8. The number of nitrogens with one attached hydrogen (secondary N) is 2. The number of nitrogens with zero attached hydrogens (tertiary/aromatic N) is 4. The van der Waals surface area contributed by atoms with E-state index in [4.69, 9.17) is 14.5 Å². The minimum absolute atomic E-state index is 0.0285. The van der Waals surface area contributed by atoms with Crippen molar-refractivity contribution in [2.24, 2.45) is 17.3 Å². The molecule has 5 atom stereocenters. The summed E-state index contributed by atoms with van der Waals surface area (Å²) in [7, 11) is -2.41. The summed E-state index contributed by atoms with van der Waals surface area (Å²) in [5.74, 6) is -6.00. The number of sulfonamides is 1. The Morgan fingerprint density at radius 2 is 1.80 bits per heavy atom. The first-order chi connectivity index (χ1) is 27.8. The lowest BCUT2D eigenvalue weighted by atomic mass is 9.77. The maximum absolute atomic E-state index is 14.8. The molecule has 0 spiro atoms. The second-order valence-corrected chi connectivity index (χ2v) is 19.1. The van der Waals surface area contributed by atoms with E-state index < -0.39 is 92.6 Å². The first-order valence-corrected chi connectivity index (χ1v) is 21.4. The molecule has 2 saturated heterocycles. The van der Waals surface area contributed by atoms with Crippen LogP contribution >= 0.6 is 0 Å². The zero-order chi connectivity index (χ0) is 42.5. The number of amides is 4. The Bertz CT molecular complexity index is 2260. The molecule has 14 nitrogen and oxygen atoms in total. The maximum Gasteiger partial charge on any atom is 0.259 e. The number of pyridine rings is 2. The Labute approximate surface area is 342 Å². The number of halogens is 2. The molecule has 2 saturated carbocycles. The molecule has 2 N–H and O–H groups in total. The van der Waals surface area contributed by atoms with Crippen molar-refractivity contribution in [3.05, 3.63) is 61.3 Å². The Balaban J connectivity index is 1.21. The lowest BCUT2D eigenvalue weighted by molar-refractivity contribution is -0.150. The van der Waals surface area contributed by atoms with Gasteiger partial charge >= 0.3 is 0 Å². The van der Waals surface area contributed by atoms with Gasteiger partial charge in [-0.3, -0.25) is 28.9 Å². The van der Waals surface area contributed by atoms with Gasteiger partial charge in [0.25, 0.3) is 11.8 Å². The van der Waals surface area contributed by atoms with Crippen molar-refractivity contribution in [3.63, 3.8) is 0 Å². The smallest absolute Gasteiger partial charge is 0.259 e. The number of rotatable bonds is 13. The van der Waals surface area contributed by atoms with Crippen LogP contribution in [0.15, 0.2) is 61.3 Å². The van der Waals surface area contributed by atoms with Crippen molar-refractivity contribution in [1.82, 2.24) is 29.8 Å². The van der Waals surface area contributed by atoms with Gasteiger partial charge in [0.2, 0.25) is 27.7 Å². The van der Waals surface area contributed by atoms with E-state index in [9.17, 15) is 36.4 Å². The Morgan fingerprint density at radius 3 is 2.41 bits per heavy atom. The summed E-state index contributed by atoms with van der Waals surface area (Å²) < 4.78 is 67.8. The van der Waals surface area contributed by atoms with Crippen LogP contribution in [0.2, 0.25) is 0 Å². The van der Waals surface area contributed by atoms with Crippen LogP contribution in [-0.4, -0.2) is 107 Å².